The standard InChI is InChI=1S/C10H13NO3/c1-10(14,6-9(12)13)5-8-3-2-4-11-7-8/h2-4,7,14H,5-6H2,1H3,(H,12,13). The average molecular weight is 195 g/mol. The van der Waals surface area contributed by atoms with Crippen LogP contribution in [0.1, 0.15) is 18.9 Å². The van der Waals surface area contributed by atoms with Crippen LogP contribution in [-0.2, 0) is 11.2 Å². The lowest BCUT2D eigenvalue weighted by atomic mass is 9.94. The molecule has 1 heterocycles. The van der Waals surface area contributed by atoms with Gasteiger partial charge in [-0.15, -0.1) is 0 Å². The predicted octanol–water partition coefficient (Wildman–Crippen LogP) is 0.850. The zero-order valence-electron chi connectivity index (χ0n) is 7.97. The van der Waals surface area contributed by atoms with Gasteiger partial charge in [-0.25, -0.2) is 0 Å². The van der Waals surface area contributed by atoms with Crippen molar-refractivity contribution in [2.75, 3.05) is 0 Å². The van der Waals surface area contributed by atoms with Crippen molar-refractivity contribution in [2.24, 2.45) is 0 Å². The molecule has 0 radical (unpaired) electrons. The Hall–Kier alpha value is -1.42. The predicted molar refractivity (Wildman–Crippen MR) is 50.8 cm³/mol. The summed E-state index contributed by atoms with van der Waals surface area (Å²) in [5, 5.41) is 18.3. The van der Waals surface area contributed by atoms with Crippen molar-refractivity contribution >= 4 is 5.97 Å². The molecule has 0 fully saturated rings. The van der Waals surface area contributed by atoms with Gasteiger partial charge in [-0.1, -0.05) is 6.07 Å². The average Bonchev–Trinajstić information content (AvgIpc) is 2.02. The number of pyridine rings is 1. The van der Waals surface area contributed by atoms with Crippen LogP contribution in [0.4, 0.5) is 0 Å². The molecule has 0 aliphatic heterocycles. The van der Waals surface area contributed by atoms with E-state index in [0.29, 0.717) is 6.42 Å². The molecule has 0 amide bonds. The second-order valence-corrected chi connectivity index (χ2v) is 3.61. The number of hydrogen-bond donors (Lipinski definition) is 2. The summed E-state index contributed by atoms with van der Waals surface area (Å²) in [6.45, 7) is 1.51. The maximum Gasteiger partial charge on any atom is 0.306 e. The van der Waals surface area contributed by atoms with Gasteiger partial charge < -0.3 is 10.2 Å². The molecule has 1 aromatic heterocycles. The fourth-order valence-electron chi connectivity index (χ4n) is 1.33. The zero-order chi connectivity index (χ0) is 10.6. The first-order chi connectivity index (χ1) is 6.49. The Morgan fingerprint density at radius 2 is 2.36 bits per heavy atom. The highest BCUT2D eigenvalue weighted by molar-refractivity contribution is 5.68. The molecular weight excluding hydrogens is 182 g/mol. The molecule has 2 N–H and O–H groups in total. The molecule has 1 aromatic rings. The SMILES string of the molecule is CC(O)(CC(=O)O)Cc1cccnc1. The minimum Gasteiger partial charge on any atom is -0.481 e. The molecule has 1 unspecified atom stereocenters. The number of rotatable bonds is 4. The molecule has 1 rings (SSSR count). The fourth-order valence-corrected chi connectivity index (χ4v) is 1.33. The van der Waals surface area contributed by atoms with Gasteiger partial charge in [-0.2, -0.15) is 0 Å². The van der Waals surface area contributed by atoms with E-state index in [1.165, 1.54) is 6.92 Å². The Balaban J connectivity index is 2.63. The Labute approximate surface area is 82.2 Å². The first-order valence-corrected chi connectivity index (χ1v) is 4.33. The van der Waals surface area contributed by atoms with Crippen LogP contribution in [0.15, 0.2) is 24.5 Å². The van der Waals surface area contributed by atoms with Gasteiger partial charge in [0, 0.05) is 18.8 Å². The number of aliphatic hydroxyl groups is 1. The van der Waals surface area contributed by atoms with Gasteiger partial charge in [-0.3, -0.25) is 9.78 Å². The van der Waals surface area contributed by atoms with Crippen LogP contribution in [0.2, 0.25) is 0 Å². The molecule has 4 heteroatoms. The van der Waals surface area contributed by atoms with Gasteiger partial charge in [0.15, 0.2) is 0 Å². The lowest BCUT2D eigenvalue weighted by molar-refractivity contribution is -0.141. The summed E-state index contributed by atoms with van der Waals surface area (Å²) in [4.78, 5) is 14.3. The molecule has 0 saturated heterocycles. The number of carbonyl (C=O) groups is 1. The second-order valence-electron chi connectivity index (χ2n) is 3.61. The van der Waals surface area contributed by atoms with Gasteiger partial charge in [-0.05, 0) is 18.6 Å². The van der Waals surface area contributed by atoms with E-state index in [2.05, 4.69) is 4.98 Å². The van der Waals surface area contributed by atoms with Crippen LogP contribution < -0.4 is 0 Å². The molecule has 76 valence electrons. The third-order valence-corrected chi connectivity index (χ3v) is 1.84. The summed E-state index contributed by atoms with van der Waals surface area (Å²) in [6.07, 6.45) is 3.29. The third-order valence-electron chi connectivity index (χ3n) is 1.84. The molecule has 1 atom stereocenters. The summed E-state index contributed by atoms with van der Waals surface area (Å²) in [5.41, 5.74) is -0.381. The Bertz CT molecular complexity index is 308. The van der Waals surface area contributed by atoms with Crippen molar-refractivity contribution in [3.8, 4) is 0 Å². The highest BCUT2D eigenvalue weighted by Crippen LogP contribution is 2.15. The number of hydrogen-bond acceptors (Lipinski definition) is 3. The summed E-state index contributed by atoms with van der Waals surface area (Å²) in [7, 11) is 0. The van der Waals surface area contributed by atoms with E-state index in [-0.39, 0.29) is 6.42 Å². The molecule has 0 spiro atoms. The van der Waals surface area contributed by atoms with Crippen LogP contribution >= 0.6 is 0 Å². The number of aliphatic carboxylic acids is 1. The van der Waals surface area contributed by atoms with Gasteiger partial charge in [0.1, 0.15) is 0 Å². The number of nitrogens with zero attached hydrogens (tertiary/aromatic N) is 1. The molecule has 14 heavy (non-hydrogen) atoms. The van der Waals surface area contributed by atoms with E-state index < -0.39 is 11.6 Å². The lowest BCUT2D eigenvalue weighted by Crippen LogP contribution is -2.30. The molecule has 0 saturated carbocycles. The van der Waals surface area contributed by atoms with Crippen molar-refractivity contribution < 1.29 is 15.0 Å². The maximum absolute atomic E-state index is 10.4. The molecule has 0 aliphatic rings. The van der Waals surface area contributed by atoms with E-state index in [4.69, 9.17) is 5.11 Å². The lowest BCUT2D eigenvalue weighted by Gasteiger charge is -2.20. The Morgan fingerprint density at radius 1 is 1.64 bits per heavy atom. The first-order valence-electron chi connectivity index (χ1n) is 4.33. The van der Waals surface area contributed by atoms with E-state index >= 15 is 0 Å². The van der Waals surface area contributed by atoms with Crippen molar-refractivity contribution in [2.45, 2.75) is 25.4 Å². The van der Waals surface area contributed by atoms with Crippen molar-refractivity contribution in [1.29, 1.82) is 0 Å². The van der Waals surface area contributed by atoms with Crippen molar-refractivity contribution in [3.63, 3.8) is 0 Å². The molecule has 0 bridgehead atoms. The van der Waals surface area contributed by atoms with Gasteiger partial charge in [0.05, 0.1) is 12.0 Å². The van der Waals surface area contributed by atoms with Crippen molar-refractivity contribution in [1.82, 2.24) is 4.98 Å². The Morgan fingerprint density at radius 3 is 2.86 bits per heavy atom. The minimum atomic E-state index is -1.21. The van der Waals surface area contributed by atoms with Crippen LogP contribution in [0.25, 0.3) is 0 Å². The monoisotopic (exact) mass is 195 g/mol. The smallest absolute Gasteiger partial charge is 0.306 e. The summed E-state index contributed by atoms with van der Waals surface area (Å²) in [5.74, 6) is -1.00. The van der Waals surface area contributed by atoms with Gasteiger partial charge >= 0.3 is 5.97 Å². The van der Waals surface area contributed by atoms with E-state index in [1.54, 1.807) is 18.5 Å². The number of carboxylic acid groups (broad SMARTS) is 1. The van der Waals surface area contributed by atoms with Gasteiger partial charge in [0.2, 0.25) is 0 Å². The first kappa shape index (κ1) is 10.7. The summed E-state index contributed by atoms with van der Waals surface area (Å²) in [6, 6.07) is 3.56. The second kappa shape index (κ2) is 4.19. The number of carboxylic acids is 1. The Kier molecular flexibility index (Phi) is 3.19. The minimum absolute atomic E-state index is 0.262. The van der Waals surface area contributed by atoms with Crippen LogP contribution in [0, 0.1) is 0 Å². The third kappa shape index (κ3) is 3.53. The van der Waals surface area contributed by atoms with Crippen molar-refractivity contribution in [3.05, 3.63) is 30.1 Å². The summed E-state index contributed by atoms with van der Waals surface area (Å²) < 4.78 is 0. The molecule has 0 aromatic carbocycles. The quantitative estimate of drug-likeness (QED) is 0.747. The maximum atomic E-state index is 10.4. The van der Waals surface area contributed by atoms with Crippen LogP contribution in [0.5, 0.6) is 0 Å². The summed E-state index contributed by atoms with van der Waals surface area (Å²) >= 11 is 0. The largest absolute Gasteiger partial charge is 0.481 e. The molecular formula is C10H13NO3. The molecule has 4 nitrogen and oxygen atoms in total. The fraction of sp³-hybridized carbons (Fsp3) is 0.400. The highest BCUT2D eigenvalue weighted by atomic mass is 16.4. The topological polar surface area (TPSA) is 70.4 Å². The van der Waals surface area contributed by atoms with Crippen LogP contribution in [0.3, 0.4) is 0 Å². The van der Waals surface area contributed by atoms with Gasteiger partial charge in [0.25, 0.3) is 0 Å². The molecule has 0 aliphatic carbocycles. The van der Waals surface area contributed by atoms with E-state index in [1.807, 2.05) is 6.07 Å². The normalized spacial score (nSPS) is 14.7. The zero-order valence-corrected chi connectivity index (χ0v) is 7.97. The van der Waals surface area contributed by atoms with E-state index in [0.717, 1.165) is 5.56 Å². The highest BCUT2D eigenvalue weighted by Gasteiger charge is 2.24. The van der Waals surface area contributed by atoms with E-state index in [9.17, 15) is 9.90 Å². The number of aromatic nitrogens is 1. The van der Waals surface area contributed by atoms with Crippen LogP contribution in [-0.4, -0.2) is 26.8 Å².